The van der Waals surface area contributed by atoms with Gasteiger partial charge in [0.1, 0.15) is 12.4 Å². The molecule has 0 aliphatic carbocycles. The zero-order valence-corrected chi connectivity index (χ0v) is 17.2. The Labute approximate surface area is 179 Å². The average molecular weight is 414 g/mol. The van der Waals surface area contributed by atoms with Crippen LogP contribution in [0.15, 0.2) is 59.4 Å². The Morgan fingerprint density at radius 2 is 1.84 bits per heavy atom. The van der Waals surface area contributed by atoms with Gasteiger partial charge in [-0.2, -0.15) is 4.98 Å². The molecule has 0 atom stereocenters. The summed E-state index contributed by atoms with van der Waals surface area (Å²) in [7, 11) is 0. The molecule has 0 radical (unpaired) electrons. The van der Waals surface area contributed by atoms with Crippen LogP contribution in [-0.2, 0) is 11.3 Å². The first-order chi connectivity index (χ1) is 15.0. The highest BCUT2D eigenvalue weighted by Gasteiger charge is 2.30. The van der Waals surface area contributed by atoms with Crippen LogP contribution < -0.4 is 5.56 Å². The first-order valence-corrected chi connectivity index (χ1v) is 10.4. The van der Waals surface area contributed by atoms with E-state index in [0.29, 0.717) is 42.8 Å². The molecule has 3 aromatic rings. The number of nitrogens with zero attached hydrogens (tertiary/aromatic N) is 4. The van der Waals surface area contributed by atoms with E-state index in [1.54, 1.807) is 15.9 Å². The topological polar surface area (TPSA) is 75.5 Å². The van der Waals surface area contributed by atoms with Gasteiger partial charge in [0.05, 0.1) is 10.9 Å². The van der Waals surface area contributed by atoms with Gasteiger partial charge < -0.3 is 14.4 Å². The minimum Gasteiger partial charge on any atom is -0.337 e. The third kappa shape index (κ3) is 3.32. The first kappa shape index (κ1) is 19.2. The molecule has 2 amide bonds. The lowest BCUT2D eigenvalue weighted by molar-refractivity contribution is -0.131. The van der Waals surface area contributed by atoms with E-state index in [1.165, 1.54) is 0 Å². The lowest BCUT2D eigenvalue weighted by atomic mass is 10.1. The van der Waals surface area contributed by atoms with Gasteiger partial charge in [-0.15, -0.1) is 0 Å². The fraction of sp³-hybridized carbons (Fsp3) is 0.250. The van der Waals surface area contributed by atoms with Gasteiger partial charge in [0.15, 0.2) is 0 Å². The van der Waals surface area contributed by atoms with Crippen molar-refractivity contribution in [2.75, 3.05) is 19.6 Å². The summed E-state index contributed by atoms with van der Waals surface area (Å²) in [5.74, 6) is 0.491. The number of hydrogen-bond acceptors (Lipinski definition) is 4. The van der Waals surface area contributed by atoms with Crippen LogP contribution >= 0.6 is 0 Å². The summed E-state index contributed by atoms with van der Waals surface area (Å²) in [6.45, 7) is 3.40. The standard InChI is InChI=1S/C24H22N4O3/c1-16-25-23(30)20-8-4-5-9-21(20)28(16)18-10-12-26(13-11-18)22(29)15-27-14-17-6-2-3-7-19(17)24(27)31/h2-10H,11-15H2,1H3. The summed E-state index contributed by atoms with van der Waals surface area (Å²) in [6, 6.07) is 14.9. The third-order valence-electron chi connectivity index (χ3n) is 6.01. The van der Waals surface area contributed by atoms with Crippen molar-refractivity contribution < 1.29 is 9.59 Å². The lowest BCUT2D eigenvalue weighted by Crippen LogP contribution is -2.42. The third-order valence-corrected chi connectivity index (χ3v) is 6.01. The second-order valence-corrected chi connectivity index (χ2v) is 7.92. The summed E-state index contributed by atoms with van der Waals surface area (Å²) in [4.78, 5) is 45.2. The number of carbonyl (C=O) groups excluding carboxylic acids is 2. The number of aryl methyl sites for hydroxylation is 1. The SMILES string of the molecule is Cc1nc(=O)c2ccccc2n1C1=CCN(C(=O)CN2Cc3ccccc3C2=O)CC1. The second-order valence-electron chi connectivity index (χ2n) is 7.92. The van der Waals surface area contributed by atoms with Gasteiger partial charge >= 0.3 is 0 Å². The molecule has 31 heavy (non-hydrogen) atoms. The molecule has 5 rings (SSSR count). The number of rotatable bonds is 3. The van der Waals surface area contributed by atoms with Crippen molar-refractivity contribution in [3.63, 3.8) is 0 Å². The molecule has 0 unspecified atom stereocenters. The summed E-state index contributed by atoms with van der Waals surface area (Å²) in [5, 5.41) is 0.583. The number of fused-ring (bicyclic) bond motifs is 2. The van der Waals surface area contributed by atoms with E-state index < -0.39 is 0 Å². The molecule has 7 heteroatoms. The van der Waals surface area contributed by atoms with Crippen molar-refractivity contribution in [1.82, 2.24) is 19.4 Å². The zero-order valence-electron chi connectivity index (χ0n) is 17.2. The van der Waals surface area contributed by atoms with Crippen LogP contribution in [0.2, 0.25) is 0 Å². The number of amides is 2. The van der Waals surface area contributed by atoms with Gasteiger partial charge in [-0.05, 0) is 36.8 Å². The predicted molar refractivity (Wildman–Crippen MR) is 117 cm³/mol. The monoisotopic (exact) mass is 414 g/mol. The van der Waals surface area contributed by atoms with Crippen molar-refractivity contribution in [2.45, 2.75) is 19.9 Å². The molecular formula is C24H22N4O3. The predicted octanol–water partition coefficient (Wildman–Crippen LogP) is 2.43. The zero-order chi connectivity index (χ0) is 21.5. The molecule has 0 spiro atoms. The molecule has 1 aromatic heterocycles. The maximum absolute atomic E-state index is 12.9. The van der Waals surface area contributed by atoms with E-state index in [4.69, 9.17) is 0 Å². The van der Waals surface area contributed by atoms with Crippen molar-refractivity contribution in [3.8, 4) is 0 Å². The smallest absolute Gasteiger partial charge is 0.280 e. The quantitative estimate of drug-likeness (QED) is 0.660. The van der Waals surface area contributed by atoms with Crippen molar-refractivity contribution in [3.05, 3.63) is 81.9 Å². The largest absolute Gasteiger partial charge is 0.337 e. The van der Waals surface area contributed by atoms with E-state index in [9.17, 15) is 14.4 Å². The average Bonchev–Trinajstić information content (AvgIpc) is 3.09. The maximum atomic E-state index is 12.9. The number of para-hydroxylation sites is 1. The van der Waals surface area contributed by atoms with Gasteiger partial charge in [-0.25, -0.2) is 0 Å². The number of carbonyl (C=O) groups is 2. The Morgan fingerprint density at radius 1 is 1.06 bits per heavy atom. The Bertz CT molecular complexity index is 1310. The molecule has 0 fully saturated rings. The van der Waals surface area contributed by atoms with Crippen LogP contribution in [0.3, 0.4) is 0 Å². The minimum atomic E-state index is -0.228. The van der Waals surface area contributed by atoms with Gasteiger partial charge in [-0.1, -0.05) is 30.3 Å². The Hall–Kier alpha value is -3.74. The molecule has 0 N–H and O–H groups in total. The maximum Gasteiger partial charge on any atom is 0.280 e. The fourth-order valence-corrected chi connectivity index (χ4v) is 4.44. The molecule has 2 aliphatic rings. The molecule has 0 bridgehead atoms. The highest BCUT2D eigenvalue weighted by Crippen LogP contribution is 2.24. The van der Waals surface area contributed by atoms with E-state index in [2.05, 4.69) is 4.98 Å². The Morgan fingerprint density at radius 3 is 2.61 bits per heavy atom. The Kier molecular flexibility index (Phi) is 4.66. The van der Waals surface area contributed by atoms with Crippen LogP contribution in [-0.4, -0.2) is 50.8 Å². The van der Waals surface area contributed by atoms with Gasteiger partial charge in [0.2, 0.25) is 5.91 Å². The van der Waals surface area contributed by atoms with Crippen molar-refractivity contribution in [1.29, 1.82) is 0 Å². The fourth-order valence-electron chi connectivity index (χ4n) is 4.44. The molecule has 2 aliphatic heterocycles. The summed E-state index contributed by atoms with van der Waals surface area (Å²) in [6.07, 6.45) is 2.66. The molecule has 2 aromatic carbocycles. The lowest BCUT2D eigenvalue weighted by Gasteiger charge is -2.29. The molecule has 0 saturated heterocycles. The number of benzene rings is 2. The van der Waals surface area contributed by atoms with Crippen LogP contribution in [0.1, 0.15) is 28.2 Å². The molecule has 156 valence electrons. The van der Waals surface area contributed by atoms with Crippen molar-refractivity contribution >= 4 is 28.4 Å². The van der Waals surface area contributed by atoms with Gasteiger partial charge in [0, 0.05) is 37.3 Å². The van der Waals surface area contributed by atoms with Crippen LogP contribution in [0.25, 0.3) is 16.6 Å². The minimum absolute atomic E-state index is 0.0592. The molecule has 3 heterocycles. The molecule has 0 saturated carbocycles. The van der Waals surface area contributed by atoms with E-state index in [0.717, 1.165) is 16.8 Å². The van der Waals surface area contributed by atoms with Crippen LogP contribution in [0.5, 0.6) is 0 Å². The van der Waals surface area contributed by atoms with Gasteiger partial charge in [-0.3, -0.25) is 14.4 Å². The summed E-state index contributed by atoms with van der Waals surface area (Å²) < 4.78 is 2.00. The summed E-state index contributed by atoms with van der Waals surface area (Å²) >= 11 is 0. The van der Waals surface area contributed by atoms with E-state index in [-0.39, 0.29) is 23.9 Å². The molecule has 7 nitrogen and oxygen atoms in total. The highest BCUT2D eigenvalue weighted by molar-refractivity contribution is 6.00. The normalized spacial score (nSPS) is 15.9. The van der Waals surface area contributed by atoms with Crippen LogP contribution in [0, 0.1) is 6.92 Å². The van der Waals surface area contributed by atoms with Crippen LogP contribution in [0.4, 0.5) is 0 Å². The van der Waals surface area contributed by atoms with Crippen molar-refractivity contribution in [2.24, 2.45) is 0 Å². The van der Waals surface area contributed by atoms with E-state index in [1.807, 2.05) is 60.0 Å². The molecular weight excluding hydrogens is 392 g/mol. The number of hydrogen-bond donors (Lipinski definition) is 0. The summed E-state index contributed by atoms with van der Waals surface area (Å²) in [5.41, 5.74) is 3.27. The highest BCUT2D eigenvalue weighted by atomic mass is 16.2. The second kappa shape index (κ2) is 7.50. The van der Waals surface area contributed by atoms with E-state index >= 15 is 0 Å². The number of aromatic nitrogens is 2. The first-order valence-electron chi connectivity index (χ1n) is 10.4. The Balaban J connectivity index is 1.33. The van der Waals surface area contributed by atoms with Gasteiger partial charge in [0.25, 0.3) is 11.5 Å².